The molecule has 0 saturated heterocycles. The molecule has 3 atom stereocenters. The van der Waals surface area contributed by atoms with Crippen LogP contribution in [0.3, 0.4) is 0 Å². The van der Waals surface area contributed by atoms with Crippen LogP contribution in [0.4, 0.5) is 5.69 Å². The number of nitrogens with one attached hydrogen (secondary N) is 1. The number of fused-ring (bicyclic) bond motifs is 3. The molecule has 2 aromatic carbocycles. The smallest absolute Gasteiger partial charge is 0.0655 e. The number of anilines is 1. The van der Waals surface area contributed by atoms with E-state index in [1.807, 2.05) is 24.3 Å². The first kappa shape index (κ1) is 14.4. The summed E-state index contributed by atoms with van der Waals surface area (Å²) < 4.78 is 0. The first-order valence-electron chi connectivity index (χ1n) is 7.31. The van der Waals surface area contributed by atoms with Crippen molar-refractivity contribution in [3.63, 3.8) is 0 Å². The number of allylic oxidation sites excluding steroid dienone is 2. The Hall–Kier alpha value is -1.15. The quantitative estimate of drug-likeness (QED) is 0.581. The molecular weight excluding hydrogens is 337 g/mol. The van der Waals surface area contributed by atoms with Gasteiger partial charge in [-0.2, -0.15) is 0 Å². The summed E-state index contributed by atoms with van der Waals surface area (Å²) in [6.45, 7) is 0. The van der Waals surface area contributed by atoms with Crippen molar-refractivity contribution in [2.45, 2.75) is 18.4 Å². The van der Waals surface area contributed by atoms with Crippen molar-refractivity contribution < 1.29 is 0 Å². The molecule has 4 heteroatoms. The molecule has 0 saturated carbocycles. The number of rotatable bonds is 1. The van der Waals surface area contributed by atoms with E-state index in [0.717, 1.165) is 22.7 Å². The van der Waals surface area contributed by atoms with Gasteiger partial charge in [0.1, 0.15) is 0 Å². The standard InChI is InChI=1S/C18H14Cl3N/c19-10-8-14-11-5-3-6-12(11)17(22-18(14)16(21)9-10)13-4-1-2-7-15(13)20/h1-5,7-9,11-12,17,22H,6H2/t11-,12+,17+/m1/s1. The maximum absolute atomic E-state index is 6.43. The Bertz CT molecular complexity index is 769. The van der Waals surface area contributed by atoms with Gasteiger partial charge in [-0.25, -0.2) is 0 Å². The molecule has 0 radical (unpaired) electrons. The number of benzene rings is 2. The predicted molar refractivity (Wildman–Crippen MR) is 94.3 cm³/mol. The third-order valence-electron chi connectivity index (χ3n) is 4.63. The van der Waals surface area contributed by atoms with Gasteiger partial charge in [0, 0.05) is 16.0 Å². The van der Waals surface area contributed by atoms with E-state index in [4.69, 9.17) is 34.8 Å². The maximum atomic E-state index is 6.43. The largest absolute Gasteiger partial charge is 0.376 e. The van der Waals surface area contributed by atoms with Crippen molar-refractivity contribution in [1.29, 1.82) is 0 Å². The summed E-state index contributed by atoms with van der Waals surface area (Å²) in [5, 5.41) is 5.74. The van der Waals surface area contributed by atoms with Crippen molar-refractivity contribution in [3.8, 4) is 0 Å². The zero-order valence-electron chi connectivity index (χ0n) is 11.7. The molecule has 0 bridgehead atoms. The zero-order chi connectivity index (χ0) is 15.3. The molecule has 112 valence electrons. The van der Waals surface area contributed by atoms with Crippen LogP contribution in [0.5, 0.6) is 0 Å². The van der Waals surface area contributed by atoms with Crippen molar-refractivity contribution in [2.24, 2.45) is 5.92 Å². The number of hydrogen-bond acceptors (Lipinski definition) is 1. The Morgan fingerprint density at radius 1 is 0.955 bits per heavy atom. The van der Waals surface area contributed by atoms with Gasteiger partial charge in [-0.3, -0.25) is 0 Å². The lowest BCUT2D eigenvalue weighted by Gasteiger charge is -2.38. The van der Waals surface area contributed by atoms with E-state index in [-0.39, 0.29) is 6.04 Å². The van der Waals surface area contributed by atoms with Crippen LogP contribution in [0, 0.1) is 5.92 Å². The van der Waals surface area contributed by atoms with E-state index in [1.54, 1.807) is 6.07 Å². The second kappa shape index (κ2) is 5.49. The molecule has 0 amide bonds. The Balaban J connectivity index is 1.86. The topological polar surface area (TPSA) is 12.0 Å². The second-order valence-corrected chi connectivity index (χ2v) is 7.10. The van der Waals surface area contributed by atoms with Crippen LogP contribution in [0.15, 0.2) is 48.6 Å². The van der Waals surface area contributed by atoms with E-state index < -0.39 is 0 Å². The van der Waals surface area contributed by atoms with Crippen LogP contribution in [-0.2, 0) is 0 Å². The van der Waals surface area contributed by atoms with Gasteiger partial charge in [-0.15, -0.1) is 0 Å². The molecule has 2 aromatic rings. The summed E-state index contributed by atoms with van der Waals surface area (Å²) in [4.78, 5) is 0. The van der Waals surface area contributed by atoms with Gasteiger partial charge < -0.3 is 5.32 Å². The van der Waals surface area contributed by atoms with Gasteiger partial charge in [-0.1, -0.05) is 65.2 Å². The molecule has 0 unspecified atom stereocenters. The van der Waals surface area contributed by atoms with E-state index in [1.165, 1.54) is 5.56 Å². The third kappa shape index (κ3) is 2.23. The lowest BCUT2D eigenvalue weighted by molar-refractivity contribution is 0.426. The number of hydrogen-bond donors (Lipinski definition) is 1. The highest BCUT2D eigenvalue weighted by molar-refractivity contribution is 6.36. The van der Waals surface area contributed by atoms with Crippen molar-refractivity contribution in [3.05, 3.63) is 74.7 Å². The molecule has 4 rings (SSSR count). The van der Waals surface area contributed by atoms with Crippen molar-refractivity contribution in [1.82, 2.24) is 0 Å². The van der Waals surface area contributed by atoms with Gasteiger partial charge in [0.15, 0.2) is 0 Å². The SMILES string of the molecule is Clc1cc(Cl)c2c(c1)[C@@H]1C=CC[C@@H]1[C@@H](c1ccccc1Cl)N2. The van der Waals surface area contributed by atoms with Crippen molar-refractivity contribution in [2.75, 3.05) is 5.32 Å². The van der Waals surface area contributed by atoms with E-state index in [9.17, 15) is 0 Å². The molecule has 22 heavy (non-hydrogen) atoms. The molecule has 1 N–H and O–H groups in total. The monoisotopic (exact) mass is 349 g/mol. The van der Waals surface area contributed by atoms with Gasteiger partial charge in [0.05, 0.1) is 16.8 Å². The van der Waals surface area contributed by atoms with Crippen LogP contribution in [0.25, 0.3) is 0 Å². The summed E-state index contributed by atoms with van der Waals surface area (Å²) in [5.41, 5.74) is 3.28. The molecule has 1 aliphatic carbocycles. The first-order chi connectivity index (χ1) is 10.6. The molecule has 1 aliphatic heterocycles. The summed E-state index contributed by atoms with van der Waals surface area (Å²) in [6.07, 6.45) is 5.53. The fraction of sp³-hybridized carbons (Fsp3) is 0.222. The molecule has 0 fully saturated rings. The summed E-state index contributed by atoms with van der Waals surface area (Å²) >= 11 is 19.0. The Labute approximate surface area is 144 Å². The van der Waals surface area contributed by atoms with Crippen LogP contribution in [0.1, 0.15) is 29.5 Å². The van der Waals surface area contributed by atoms with E-state index in [0.29, 0.717) is 21.9 Å². The van der Waals surface area contributed by atoms with Gasteiger partial charge in [-0.05, 0) is 41.7 Å². The lowest BCUT2D eigenvalue weighted by atomic mass is 9.77. The fourth-order valence-corrected chi connectivity index (χ4v) is 4.47. The minimum Gasteiger partial charge on any atom is -0.376 e. The third-order valence-corrected chi connectivity index (χ3v) is 5.49. The summed E-state index contributed by atoms with van der Waals surface area (Å²) in [6, 6.07) is 12.0. The van der Waals surface area contributed by atoms with Gasteiger partial charge in [0.2, 0.25) is 0 Å². The second-order valence-electron chi connectivity index (χ2n) is 5.85. The van der Waals surface area contributed by atoms with Gasteiger partial charge in [0.25, 0.3) is 0 Å². The zero-order valence-corrected chi connectivity index (χ0v) is 14.0. The molecule has 0 aromatic heterocycles. The Morgan fingerprint density at radius 2 is 1.77 bits per heavy atom. The lowest BCUT2D eigenvalue weighted by Crippen LogP contribution is -2.29. The Morgan fingerprint density at radius 3 is 2.59 bits per heavy atom. The first-order valence-corrected chi connectivity index (χ1v) is 8.45. The average Bonchev–Trinajstić information content (AvgIpc) is 2.97. The normalized spacial score (nSPS) is 25.5. The van der Waals surface area contributed by atoms with E-state index in [2.05, 4.69) is 23.5 Å². The van der Waals surface area contributed by atoms with Crippen LogP contribution >= 0.6 is 34.8 Å². The minimum atomic E-state index is 0.153. The summed E-state index contributed by atoms with van der Waals surface area (Å²) in [7, 11) is 0. The highest BCUT2D eigenvalue weighted by atomic mass is 35.5. The summed E-state index contributed by atoms with van der Waals surface area (Å²) in [5.74, 6) is 0.760. The van der Waals surface area contributed by atoms with Crippen LogP contribution in [0.2, 0.25) is 15.1 Å². The number of halogens is 3. The molecular formula is C18H14Cl3N. The molecule has 0 spiro atoms. The fourth-order valence-electron chi connectivity index (χ4n) is 3.66. The average molecular weight is 351 g/mol. The molecule has 1 nitrogen and oxygen atoms in total. The highest BCUT2D eigenvalue weighted by Crippen LogP contribution is 2.52. The molecule has 1 heterocycles. The van der Waals surface area contributed by atoms with Crippen LogP contribution < -0.4 is 5.32 Å². The maximum Gasteiger partial charge on any atom is 0.0655 e. The predicted octanol–water partition coefficient (Wildman–Crippen LogP) is 6.47. The highest BCUT2D eigenvalue weighted by Gasteiger charge is 2.39. The minimum absolute atomic E-state index is 0.153. The molecule has 2 aliphatic rings. The Kier molecular flexibility index (Phi) is 3.60. The van der Waals surface area contributed by atoms with E-state index >= 15 is 0 Å². The van der Waals surface area contributed by atoms with Gasteiger partial charge >= 0.3 is 0 Å². The van der Waals surface area contributed by atoms with Crippen molar-refractivity contribution >= 4 is 40.5 Å². The van der Waals surface area contributed by atoms with Crippen LogP contribution in [-0.4, -0.2) is 0 Å².